The van der Waals surface area contributed by atoms with E-state index < -0.39 is 7.60 Å². The maximum atomic E-state index is 9.58. The topological polar surface area (TPSA) is 57.5 Å². The van der Waals surface area contributed by atoms with E-state index in [-0.39, 0.29) is 0 Å². The van der Waals surface area contributed by atoms with Crippen LogP contribution in [0.15, 0.2) is 35.3 Å². The van der Waals surface area contributed by atoms with Crippen LogP contribution in [0.3, 0.4) is 0 Å². The molecule has 0 aromatic carbocycles. The summed E-state index contributed by atoms with van der Waals surface area (Å²) in [7, 11) is -3.88. The van der Waals surface area contributed by atoms with Crippen molar-refractivity contribution in [2.45, 2.75) is 0 Å². The van der Waals surface area contributed by atoms with Gasteiger partial charge in [-0.3, -0.25) is 4.57 Å². The summed E-state index contributed by atoms with van der Waals surface area (Å²) in [6.07, 6.45) is 0. The van der Waals surface area contributed by atoms with Gasteiger partial charge in [-0.15, -0.1) is 0 Å². The van der Waals surface area contributed by atoms with Crippen molar-refractivity contribution >= 4 is 18.9 Å². The summed E-state index contributed by atoms with van der Waals surface area (Å²) in [5.41, 5.74) is 0. The Morgan fingerprint density at radius 1 is 1.36 bits per heavy atom. The predicted octanol–water partition coefficient (Wildman–Crippen LogP) is 2.06. The first kappa shape index (κ1) is 10.6. The van der Waals surface area contributed by atoms with E-state index in [1.165, 1.54) is 0 Å². The average Bonchev–Trinajstić information content (AvgIpc) is 2.41. The number of hydrogen-bond acceptors (Lipinski definition) is 2. The van der Waals surface area contributed by atoms with Crippen LogP contribution in [0.2, 0.25) is 0 Å². The molecule has 0 atom stereocenters. The zero-order valence-corrected chi connectivity index (χ0v) is 7.46. The summed E-state index contributed by atoms with van der Waals surface area (Å²) in [5.74, 6) is 0.604. The second-order valence-electron chi connectivity index (χ2n) is 1.56. The minimum Gasteiger partial charge on any atom is -0.321 e. The molecule has 0 unspecified atom stereocenters. The summed E-state index contributed by atoms with van der Waals surface area (Å²) in [5, 5.41) is 4.08. The molecule has 0 saturated heterocycles. The molecule has 1 rings (SSSR count). The molecule has 0 amide bonds. The van der Waals surface area contributed by atoms with Crippen LogP contribution in [-0.2, 0) is 4.57 Å². The first-order chi connectivity index (χ1) is 5.06. The Morgan fingerprint density at radius 3 is 1.82 bits per heavy atom. The number of rotatable bonds is 1. The van der Waals surface area contributed by atoms with E-state index in [1.54, 1.807) is 11.3 Å². The normalized spacial score (nSPS) is 9.64. The molecule has 0 fully saturated rings. The van der Waals surface area contributed by atoms with Crippen LogP contribution >= 0.6 is 18.9 Å². The van der Waals surface area contributed by atoms with E-state index >= 15 is 0 Å². The molecule has 5 heteroatoms. The zero-order chi connectivity index (χ0) is 8.74. The van der Waals surface area contributed by atoms with E-state index in [0.717, 1.165) is 0 Å². The van der Waals surface area contributed by atoms with Crippen LogP contribution in [-0.4, -0.2) is 9.79 Å². The fourth-order valence-corrected chi connectivity index (χ4v) is 0.680. The first-order valence-electron chi connectivity index (χ1n) is 2.72. The molecule has 0 saturated carbocycles. The quantitative estimate of drug-likeness (QED) is 0.669. The summed E-state index contributed by atoms with van der Waals surface area (Å²) in [4.78, 5) is 15.6. The fraction of sp³-hybridized carbons (Fsp3) is 0. The molecule has 1 aromatic rings. The standard InChI is InChI=1S/C4H4S.C2H5O3P/c1-2-4-5-3-1;1-2-6(3,4)5/h1-4H;2H,1H2,(H2,3,4,5). The third kappa shape index (κ3) is 9.59. The van der Waals surface area contributed by atoms with Crippen molar-refractivity contribution in [3.8, 4) is 0 Å². The SMILES string of the molecule is C=CP(=O)(O)O.c1ccsc1. The highest BCUT2D eigenvalue weighted by Crippen LogP contribution is 2.34. The van der Waals surface area contributed by atoms with Gasteiger partial charge in [-0.2, -0.15) is 11.3 Å². The fourth-order valence-electron chi connectivity index (χ4n) is 0.227. The molecule has 0 aliphatic rings. The monoisotopic (exact) mass is 192 g/mol. The highest BCUT2D eigenvalue weighted by Gasteiger charge is 2.00. The Bertz CT molecular complexity index is 209. The van der Waals surface area contributed by atoms with Gasteiger partial charge in [0.1, 0.15) is 0 Å². The molecule has 62 valence electrons. The average molecular weight is 192 g/mol. The van der Waals surface area contributed by atoms with Gasteiger partial charge in [0.05, 0.1) is 0 Å². The van der Waals surface area contributed by atoms with Gasteiger partial charge < -0.3 is 9.79 Å². The lowest BCUT2D eigenvalue weighted by Crippen LogP contribution is -1.63. The number of hydrogen-bond donors (Lipinski definition) is 2. The Kier molecular flexibility index (Phi) is 5.07. The molecule has 0 aliphatic heterocycles. The van der Waals surface area contributed by atoms with Gasteiger partial charge in [-0.05, 0) is 10.8 Å². The van der Waals surface area contributed by atoms with E-state index in [0.29, 0.717) is 5.82 Å². The van der Waals surface area contributed by atoms with E-state index in [4.69, 9.17) is 9.79 Å². The molecule has 3 nitrogen and oxygen atoms in total. The summed E-state index contributed by atoms with van der Waals surface area (Å²) in [6.45, 7) is 2.87. The van der Waals surface area contributed by atoms with Gasteiger partial charge in [-0.1, -0.05) is 18.7 Å². The third-order valence-electron chi connectivity index (χ3n) is 0.663. The van der Waals surface area contributed by atoms with Gasteiger partial charge >= 0.3 is 7.60 Å². The first-order valence-corrected chi connectivity index (χ1v) is 5.34. The molecule has 1 aromatic heterocycles. The maximum Gasteiger partial charge on any atom is 0.348 e. The minimum atomic E-state index is -3.88. The van der Waals surface area contributed by atoms with Crippen molar-refractivity contribution < 1.29 is 14.4 Å². The lowest BCUT2D eigenvalue weighted by atomic mass is 10.7. The Hall–Kier alpha value is -0.410. The summed E-state index contributed by atoms with van der Waals surface area (Å²) < 4.78 is 9.58. The van der Waals surface area contributed by atoms with Gasteiger partial charge in [-0.25, -0.2) is 0 Å². The molecule has 0 radical (unpaired) electrons. The lowest BCUT2D eigenvalue weighted by Gasteiger charge is -1.87. The van der Waals surface area contributed by atoms with Crippen molar-refractivity contribution in [2.24, 2.45) is 0 Å². The van der Waals surface area contributed by atoms with Gasteiger partial charge in [0.2, 0.25) is 0 Å². The largest absolute Gasteiger partial charge is 0.348 e. The van der Waals surface area contributed by atoms with Crippen LogP contribution < -0.4 is 0 Å². The molecular formula is C6H9O3PS. The van der Waals surface area contributed by atoms with E-state index in [2.05, 4.69) is 6.58 Å². The zero-order valence-electron chi connectivity index (χ0n) is 5.75. The maximum absolute atomic E-state index is 9.58. The summed E-state index contributed by atoms with van der Waals surface area (Å²) >= 11 is 1.71. The lowest BCUT2D eigenvalue weighted by molar-refractivity contribution is 0.386. The smallest absolute Gasteiger partial charge is 0.321 e. The van der Waals surface area contributed by atoms with Crippen molar-refractivity contribution in [2.75, 3.05) is 0 Å². The van der Waals surface area contributed by atoms with Crippen LogP contribution in [0, 0.1) is 0 Å². The molecule has 0 bridgehead atoms. The van der Waals surface area contributed by atoms with Crippen molar-refractivity contribution in [3.63, 3.8) is 0 Å². The summed E-state index contributed by atoms with van der Waals surface area (Å²) in [6, 6.07) is 4.04. The van der Waals surface area contributed by atoms with Crippen molar-refractivity contribution in [1.82, 2.24) is 0 Å². The van der Waals surface area contributed by atoms with Gasteiger partial charge in [0.15, 0.2) is 0 Å². The van der Waals surface area contributed by atoms with Crippen LogP contribution in [0.5, 0.6) is 0 Å². The van der Waals surface area contributed by atoms with E-state index in [1.807, 2.05) is 22.9 Å². The van der Waals surface area contributed by atoms with Gasteiger partial charge in [0, 0.05) is 5.82 Å². The Morgan fingerprint density at radius 2 is 1.73 bits per heavy atom. The Balaban J connectivity index is 0.000000183. The molecule has 1 heterocycles. The van der Waals surface area contributed by atoms with Gasteiger partial charge in [0.25, 0.3) is 0 Å². The molecule has 0 spiro atoms. The molecule has 11 heavy (non-hydrogen) atoms. The predicted molar refractivity (Wildman–Crippen MR) is 46.6 cm³/mol. The van der Waals surface area contributed by atoms with Crippen molar-refractivity contribution in [3.05, 3.63) is 35.3 Å². The molecular weight excluding hydrogens is 183 g/mol. The highest BCUT2D eigenvalue weighted by molar-refractivity contribution is 7.55. The molecule has 0 aliphatic carbocycles. The van der Waals surface area contributed by atoms with Crippen LogP contribution in [0.4, 0.5) is 0 Å². The van der Waals surface area contributed by atoms with E-state index in [9.17, 15) is 4.57 Å². The van der Waals surface area contributed by atoms with Crippen LogP contribution in [0.1, 0.15) is 0 Å². The van der Waals surface area contributed by atoms with Crippen molar-refractivity contribution in [1.29, 1.82) is 0 Å². The highest BCUT2D eigenvalue weighted by atomic mass is 32.1. The third-order valence-corrected chi connectivity index (χ3v) is 1.77. The Labute approximate surface area is 69.2 Å². The van der Waals surface area contributed by atoms with Crippen LogP contribution in [0.25, 0.3) is 0 Å². The number of thiophene rings is 1. The minimum absolute atomic E-state index is 0.604. The second kappa shape index (κ2) is 5.27. The molecule has 2 N–H and O–H groups in total. The second-order valence-corrected chi connectivity index (χ2v) is 3.92.